The number of amides is 5. The Morgan fingerprint density at radius 2 is 1.62 bits per heavy atom. The largest absolute Gasteiger partial charge is 0.493 e. The number of nitrogens with one attached hydrogen (secondary N) is 5. The Kier molecular flexibility index (Phi) is 13.6. The van der Waals surface area contributed by atoms with E-state index in [-0.39, 0.29) is 37.0 Å². The molecule has 1 fully saturated rings. The van der Waals surface area contributed by atoms with E-state index >= 15 is 0 Å². The summed E-state index contributed by atoms with van der Waals surface area (Å²) in [5.74, 6) is -2.55. The second-order valence-electron chi connectivity index (χ2n) is 12.5. The molecule has 1 saturated heterocycles. The van der Waals surface area contributed by atoms with Gasteiger partial charge in [-0.2, -0.15) is 0 Å². The summed E-state index contributed by atoms with van der Waals surface area (Å²) in [6, 6.07) is 12.9. The molecule has 5 N–H and O–H groups in total. The van der Waals surface area contributed by atoms with Crippen molar-refractivity contribution in [3.63, 3.8) is 0 Å². The number of hydrogen-bond acceptors (Lipinski definition) is 7. The lowest BCUT2D eigenvalue weighted by Gasteiger charge is -2.27. The quantitative estimate of drug-likeness (QED) is 0.305. The lowest BCUT2D eigenvalue weighted by molar-refractivity contribution is -0.133. The van der Waals surface area contributed by atoms with Crippen molar-refractivity contribution in [3.8, 4) is 5.75 Å². The predicted octanol–water partition coefficient (Wildman–Crippen LogP) is 1.54. The Morgan fingerprint density at radius 3 is 2.36 bits per heavy atom. The summed E-state index contributed by atoms with van der Waals surface area (Å²) in [5.41, 5.74) is 1.08. The minimum absolute atomic E-state index is 0.207. The number of hydrogen-bond donors (Lipinski definition) is 5. The monoisotopic (exact) mass is 648 g/mol. The molecule has 12 nitrogen and oxygen atoms in total. The van der Waals surface area contributed by atoms with E-state index in [2.05, 4.69) is 31.5 Å². The fourth-order valence-electron chi connectivity index (χ4n) is 5.73. The van der Waals surface area contributed by atoms with Crippen molar-refractivity contribution in [1.82, 2.24) is 31.5 Å². The van der Waals surface area contributed by atoms with Gasteiger partial charge in [0, 0.05) is 26.1 Å². The molecule has 254 valence electrons. The fraction of sp³-hybridized carbons (Fsp3) is 0.514. The third-order valence-electron chi connectivity index (χ3n) is 8.38. The van der Waals surface area contributed by atoms with Crippen LogP contribution in [-0.2, 0) is 25.6 Å². The Hall–Kier alpha value is -4.45. The van der Waals surface area contributed by atoms with E-state index in [0.29, 0.717) is 25.3 Å². The highest BCUT2D eigenvalue weighted by molar-refractivity contribution is 6.01. The summed E-state index contributed by atoms with van der Waals surface area (Å²) in [5, 5.41) is 14.1. The van der Waals surface area contributed by atoms with Gasteiger partial charge in [-0.05, 0) is 56.0 Å². The van der Waals surface area contributed by atoms with Gasteiger partial charge in [-0.3, -0.25) is 24.0 Å². The first kappa shape index (κ1) is 35.4. The Balaban J connectivity index is 1.55. The van der Waals surface area contributed by atoms with Crippen molar-refractivity contribution in [2.24, 2.45) is 5.92 Å². The van der Waals surface area contributed by atoms with Crippen LogP contribution in [0.4, 0.5) is 0 Å². The molecule has 3 atom stereocenters. The average Bonchev–Trinajstić information content (AvgIpc) is 3.06. The standard InChI is InChI=1S/C35H48N6O6/c1-24(2)31-35(46)39-27(22-25-12-5-3-6-13-25)33(44)36-16-11-21-47-29-15-8-7-14-26(29)32(43)38-28(23-30(42)40-31)34(45)37-17-20-41-18-9-4-10-19-41/h3,5-8,12-15,24,27-28,31H,4,9-11,16-23H2,1-2H3,(H,36,44)(H,37,45)(H,38,43)(H,39,46)(H,40,42)/t27-,28-,31+/m0/s1. The highest BCUT2D eigenvalue weighted by Crippen LogP contribution is 2.19. The highest BCUT2D eigenvalue weighted by atomic mass is 16.5. The molecule has 0 bridgehead atoms. The van der Waals surface area contributed by atoms with E-state index in [9.17, 15) is 24.0 Å². The van der Waals surface area contributed by atoms with Crippen LogP contribution in [0.1, 0.15) is 61.9 Å². The van der Waals surface area contributed by atoms with E-state index in [0.717, 1.165) is 31.5 Å². The molecule has 12 heteroatoms. The number of likely N-dealkylation sites (tertiary alicyclic amines) is 1. The highest BCUT2D eigenvalue weighted by Gasteiger charge is 2.32. The number of fused-ring (bicyclic) bond motifs is 1. The molecule has 2 aliphatic rings. The van der Waals surface area contributed by atoms with E-state index in [4.69, 9.17) is 4.74 Å². The molecule has 5 amide bonds. The second-order valence-corrected chi connectivity index (χ2v) is 12.5. The maximum Gasteiger partial charge on any atom is 0.255 e. The van der Waals surface area contributed by atoms with Crippen LogP contribution in [0.5, 0.6) is 5.75 Å². The molecular weight excluding hydrogens is 600 g/mol. The van der Waals surface area contributed by atoms with E-state index in [1.165, 1.54) is 6.42 Å². The number of piperidine rings is 1. The summed E-state index contributed by atoms with van der Waals surface area (Å²) in [4.78, 5) is 69.4. The Morgan fingerprint density at radius 1 is 0.894 bits per heavy atom. The first-order valence-electron chi connectivity index (χ1n) is 16.7. The van der Waals surface area contributed by atoms with Crippen molar-refractivity contribution >= 4 is 29.5 Å². The number of rotatable bonds is 7. The van der Waals surface area contributed by atoms with Crippen LogP contribution in [0.2, 0.25) is 0 Å². The number of ether oxygens (including phenoxy) is 1. The lowest BCUT2D eigenvalue weighted by Crippen LogP contribution is -2.57. The van der Waals surface area contributed by atoms with Crippen molar-refractivity contribution in [3.05, 3.63) is 65.7 Å². The van der Waals surface area contributed by atoms with Gasteiger partial charge in [0.05, 0.1) is 18.6 Å². The molecule has 0 spiro atoms. The summed E-state index contributed by atoms with van der Waals surface area (Å²) in [6.45, 7) is 7.04. The topological polar surface area (TPSA) is 158 Å². The summed E-state index contributed by atoms with van der Waals surface area (Å²) < 4.78 is 5.90. The van der Waals surface area contributed by atoms with Crippen LogP contribution < -0.4 is 31.3 Å². The summed E-state index contributed by atoms with van der Waals surface area (Å²) in [6.07, 6.45) is 3.75. The van der Waals surface area contributed by atoms with Gasteiger partial charge < -0.3 is 36.2 Å². The Bertz CT molecular complexity index is 1360. The number of benzene rings is 2. The van der Waals surface area contributed by atoms with Gasteiger partial charge in [0.1, 0.15) is 23.9 Å². The molecule has 2 heterocycles. The van der Waals surface area contributed by atoms with Crippen molar-refractivity contribution in [2.45, 2.75) is 70.5 Å². The number of carbonyl (C=O) groups excluding carboxylic acids is 5. The molecule has 0 unspecified atom stereocenters. The van der Waals surface area contributed by atoms with Crippen molar-refractivity contribution in [2.75, 3.05) is 39.3 Å². The maximum atomic E-state index is 13.6. The van der Waals surface area contributed by atoms with Gasteiger partial charge in [-0.15, -0.1) is 0 Å². The van der Waals surface area contributed by atoms with Gasteiger partial charge in [-0.25, -0.2) is 0 Å². The number of nitrogens with zero attached hydrogens (tertiary/aromatic N) is 1. The first-order valence-corrected chi connectivity index (χ1v) is 16.7. The van der Waals surface area contributed by atoms with Gasteiger partial charge >= 0.3 is 0 Å². The molecule has 0 aliphatic carbocycles. The third kappa shape index (κ3) is 11.1. The van der Waals surface area contributed by atoms with Gasteiger partial charge in [0.2, 0.25) is 23.6 Å². The molecule has 2 aromatic carbocycles. The van der Waals surface area contributed by atoms with E-state index < -0.39 is 48.2 Å². The van der Waals surface area contributed by atoms with Crippen molar-refractivity contribution < 1.29 is 28.7 Å². The first-order chi connectivity index (χ1) is 22.7. The molecule has 0 saturated carbocycles. The molecule has 2 aliphatic heterocycles. The van der Waals surface area contributed by atoms with Crippen molar-refractivity contribution in [1.29, 1.82) is 0 Å². The third-order valence-corrected chi connectivity index (χ3v) is 8.38. The van der Waals surface area contributed by atoms with Crippen LogP contribution in [-0.4, -0.2) is 91.9 Å². The molecule has 2 aromatic rings. The molecule has 47 heavy (non-hydrogen) atoms. The zero-order valence-corrected chi connectivity index (χ0v) is 27.4. The number of carbonyl (C=O) groups is 5. The van der Waals surface area contributed by atoms with E-state index in [1.54, 1.807) is 38.1 Å². The van der Waals surface area contributed by atoms with Gasteiger partial charge in [0.25, 0.3) is 5.91 Å². The minimum atomic E-state index is -1.21. The second kappa shape index (κ2) is 18.0. The Labute approximate surface area is 276 Å². The molecule has 0 radical (unpaired) electrons. The van der Waals surface area contributed by atoms with Crippen LogP contribution in [0.25, 0.3) is 0 Å². The molecule has 4 rings (SSSR count). The maximum absolute atomic E-state index is 13.6. The van der Waals surface area contributed by atoms with E-state index in [1.807, 2.05) is 30.3 Å². The molecule has 0 aromatic heterocycles. The summed E-state index contributed by atoms with van der Waals surface area (Å²) in [7, 11) is 0. The van der Waals surface area contributed by atoms with Gasteiger partial charge in [-0.1, -0.05) is 62.7 Å². The van der Waals surface area contributed by atoms with Crippen LogP contribution in [0.3, 0.4) is 0 Å². The summed E-state index contributed by atoms with van der Waals surface area (Å²) >= 11 is 0. The normalized spacial score (nSPS) is 22.3. The van der Waals surface area contributed by atoms with Crippen LogP contribution in [0, 0.1) is 5.92 Å². The zero-order chi connectivity index (χ0) is 33.6. The smallest absolute Gasteiger partial charge is 0.255 e. The molecular formula is C35H48N6O6. The zero-order valence-electron chi connectivity index (χ0n) is 27.4. The predicted molar refractivity (Wildman–Crippen MR) is 178 cm³/mol. The average molecular weight is 649 g/mol. The van der Waals surface area contributed by atoms with Crippen LogP contribution >= 0.6 is 0 Å². The lowest BCUT2D eigenvalue weighted by atomic mass is 10.0. The number of para-hydroxylation sites is 1. The minimum Gasteiger partial charge on any atom is -0.493 e. The SMILES string of the molecule is CC(C)[C@H]1NC(=O)C[C@@H](C(=O)NCCN2CCCCC2)NC(=O)c2ccccc2OCCCNC(=O)[C@H](Cc2ccccc2)NC1=O. The fourth-order valence-corrected chi connectivity index (χ4v) is 5.73. The van der Waals surface area contributed by atoms with Crippen LogP contribution in [0.15, 0.2) is 54.6 Å². The van der Waals surface area contributed by atoms with Gasteiger partial charge in [0.15, 0.2) is 0 Å².